The van der Waals surface area contributed by atoms with Crippen molar-refractivity contribution in [3.63, 3.8) is 0 Å². The van der Waals surface area contributed by atoms with E-state index in [1.807, 2.05) is 4.90 Å². The van der Waals surface area contributed by atoms with Gasteiger partial charge in [0.2, 0.25) is 5.91 Å². The van der Waals surface area contributed by atoms with Gasteiger partial charge in [0.15, 0.2) is 0 Å². The van der Waals surface area contributed by atoms with Crippen molar-refractivity contribution in [2.24, 2.45) is 0 Å². The van der Waals surface area contributed by atoms with Gasteiger partial charge in [-0.3, -0.25) is 4.79 Å². The van der Waals surface area contributed by atoms with Crippen LogP contribution >= 0.6 is 0 Å². The Balaban J connectivity index is 1.92. The Hall–Kier alpha value is -1.31. The average molecular weight is 231 g/mol. The number of nitrogens with zero attached hydrogens (tertiary/aromatic N) is 1. The minimum atomic E-state index is 0.286. The van der Waals surface area contributed by atoms with Crippen LogP contribution in [0.25, 0.3) is 0 Å². The summed E-state index contributed by atoms with van der Waals surface area (Å²) < 4.78 is 0. The van der Waals surface area contributed by atoms with Gasteiger partial charge >= 0.3 is 0 Å². The summed E-state index contributed by atoms with van der Waals surface area (Å²) in [5.74, 6) is 0.286. The molecule has 1 aliphatic rings. The van der Waals surface area contributed by atoms with Crippen molar-refractivity contribution >= 4 is 5.91 Å². The molecule has 1 aliphatic heterocycles. The molecule has 17 heavy (non-hydrogen) atoms. The predicted octanol–water partition coefficient (Wildman–Crippen LogP) is 2.80. The van der Waals surface area contributed by atoms with Crippen LogP contribution in [0.5, 0.6) is 0 Å². The summed E-state index contributed by atoms with van der Waals surface area (Å²) >= 11 is 0. The summed E-state index contributed by atoms with van der Waals surface area (Å²) in [6.45, 7) is 4.05. The van der Waals surface area contributed by atoms with E-state index in [0.717, 1.165) is 25.1 Å². The zero-order valence-corrected chi connectivity index (χ0v) is 10.6. The van der Waals surface area contributed by atoms with Gasteiger partial charge in [0.25, 0.3) is 0 Å². The summed E-state index contributed by atoms with van der Waals surface area (Å²) in [6.07, 6.45) is 5.22. The second-order valence-corrected chi connectivity index (χ2v) is 4.79. The van der Waals surface area contributed by atoms with Gasteiger partial charge in [-0.05, 0) is 36.8 Å². The van der Waals surface area contributed by atoms with E-state index in [-0.39, 0.29) is 5.91 Å². The van der Waals surface area contributed by atoms with E-state index in [1.54, 1.807) is 0 Å². The number of amides is 1. The lowest BCUT2D eigenvalue weighted by molar-refractivity contribution is -0.131. The molecule has 2 nitrogen and oxygen atoms in total. The normalized spacial score (nSPS) is 15.9. The molecular formula is C15H21NO. The van der Waals surface area contributed by atoms with Gasteiger partial charge in [-0.2, -0.15) is 0 Å². The van der Waals surface area contributed by atoms with Gasteiger partial charge in [0.05, 0.1) is 6.42 Å². The van der Waals surface area contributed by atoms with E-state index in [2.05, 4.69) is 31.2 Å². The van der Waals surface area contributed by atoms with E-state index in [1.165, 1.54) is 24.8 Å². The molecule has 0 unspecified atom stereocenters. The summed E-state index contributed by atoms with van der Waals surface area (Å²) in [5, 5.41) is 0. The summed E-state index contributed by atoms with van der Waals surface area (Å²) in [4.78, 5) is 14.1. The maximum Gasteiger partial charge on any atom is 0.226 e. The van der Waals surface area contributed by atoms with E-state index in [0.29, 0.717) is 6.42 Å². The summed E-state index contributed by atoms with van der Waals surface area (Å²) in [6, 6.07) is 8.42. The van der Waals surface area contributed by atoms with Crippen molar-refractivity contribution in [1.82, 2.24) is 4.90 Å². The molecule has 0 aromatic heterocycles. The van der Waals surface area contributed by atoms with Gasteiger partial charge < -0.3 is 4.90 Å². The SMILES string of the molecule is CCc1ccc(CC(=O)N2CCCCC2)cc1. The Morgan fingerprint density at radius 2 is 1.65 bits per heavy atom. The van der Waals surface area contributed by atoms with Crippen LogP contribution in [-0.2, 0) is 17.6 Å². The van der Waals surface area contributed by atoms with Crippen LogP contribution in [0.15, 0.2) is 24.3 Å². The number of aryl methyl sites for hydroxylation is 1. The first-order valence-electron chi connectivity index (χ1n) is 6.65. The largest absolute Gasteiger partial charge is 0.342 e. The van der Waals surface area contributed by atoms with Crippen molar-refractivity contribution in [2.75, 3.05) is 13.1 Å². The molecule has 0 spiro atoms. The first kappa shape index (κ1) is 12.2. The molecule has 0 saturated carbocycles. The molecule has 0 radical (unpaired) electrons. The Morgan fingerprint density at radius 3 is 2.24 bits per heavy atom. The summed E-state index contributed by atoms with van der Waals surface area (Å²) in [5.41, 5.74) is 2.47. The number of rotatable bonds is 3. The summed E-state index contributed by atoms with van der Waals surface area (Å²) in [7, 11) is 0. The molecule has 1 heterocycles. The molecule has 1 saturated heterocycles. The Bertz CT molecular complexity index is 363. The van der Waals surface area contributed by atoms with Crippen molar-refractivity contribution in [2.45, 2.75) is 39.0 Å². The molecule has 2 heteroatoms. The fourth-order valence-electron chi connectivity index (χ4n) is 2.32. The lowest BCUT2D eigenvalue weighted by Gasteiger charge is -2.26. The highest BCUT2D eigenvalue weighted by molar-refractivity contribution is 5.78. The lowest BCUT2D eigenvalue weighted by atomic mass is 10.1. The van der Waals surface area contributed by atoms with E-state index < -0.39 is 0 Å². The van der Waals surface area contributed by atoms with Crippen molar-refractivity contribution in [3.8, 4) is 0 Å². The third kappa shape index (κ3) is 3.32. The molecule has 0 aliphatic carbocycles. The molecule has 0 N–H and O–H groups in total. The third-order valence-electron chi connectivity index (χ3n) is 3.50. The first-order valence-corrected chi connectivity index (χ1v) is 6.65. The lowest BCUT2D eigenvalue weighted by Crippen LogP contribution is -2.36. The number of hydrogen-bond donors (Lipinski definition) is 0. The fraction of sp³-hybridized carbons (Fsp3) is 0.533. The van der Waals surface area contributed by atoms with Crippen LogP contribution in [0, 0.1) is 0 Å². The minimum Gasteiger partial charge on any atom is -0.342 e. The van der Waals surface area contributed by atoms with Gasteiger partial charge in [-0.25, -0.2) is 0 Å². The van der Waals surface area contributed by atoms with Crippen LogP contribution in [0.3, 0.4) is 0 Å². The zero-order valence-electron chi connectivity index (χ0n) is 10.6. The van der Waals surface area contributed by atoms with Gasteiger partial charge in [-0.1, -0.05) is 31.2 Å². The molecule has 0 bridgehead atoms. The smallest absolute Gasteiger partial charge is 0.226 e. The van der Waals surface area contributed by atoms with Crippen molar-refractivity contribution in [1.29, 1.82) is 0 Å². The molecule has 0 atom stereocenters. The minimum absolute atomic E-state index is 0.286. The van der Waals surface area contributed by atoms with Crippen LogP contribution in [-0.4, -0.2) is 23.9 Å². The highest BCUT2D eigenvalue weighted by atomic mass is 16.2. The predicted molar refractivity (Wildman–Crippen MR) is 70.0 cm³/mol. The number of piperidine rings is 1. The fourth-order valence-corrected chi connectivity index (χ4v) is 2.32. The highest BCUT2D eigenvalue weighted by Gasteiger charge is 2.16. The van der Waals surface area contributed by atoms with Gasteiger partial charge in [-0.15, -0.1) is 0 Å². The molecule has 92 valence electrons. The standard InChI is InChI=1S/C15H21NO/c1-2-13-6-8-14(9-7-13)12-15(17)16-10-4-3-5-11-16/h6-9H,2-5,10-12H2,1H3. The number of hydrogen-bond acceptors (Lipinski definition) is 1. The molecule has 1 fully saturated rings. The van der Waals surface area contributed by atoms with Crippen LogP contribution in [0.1, 0.15) is 37.3 Å². The molecule has 1 amide bonds. The zero-order chi connectivity index (χ0) is 12.1. The first-order chi connectivity index (χ1) is 8.29. The molecular weight excluding hydrogens is 210 g/mol. The number of benzene rings is 1. The third-order valence-corrected chi connectivity index (χ3v) is 3.50. The second kappa shape index (κ2) is 5.85. The van der Waals surface area contributed by atoms with Gasteiger partial charge in [0.1, 0.15) is 0 Å². The Morgan fingerprint density at radius 1 is 1.06 bits per heavy atom. The molecule has 2 rings (SSSR count). The van der Waals surface area contributed by atoms with Crippen molar-refractivity contribution < 1.29 is 4.79 Å². The van der Waals surface area contributed by atoms with E-state index in [4.69, 9.17) is 0 Å². The van der Waals surface area contributed by atoms with E-state index >= 15 is 0 Å². The Labute approximate surface area is 104 Å². The topological polar surface area (TPSA) is 20.3 Å². The maximum atomic E-state index is 12.0. The monoisotopic (exact) mass is 231 g/mol. The van der Waals surface area contributed by atoms with Crippen molar-refractivity contribution in [3.05, 3.63) is 35.4 Å². The highest BCUT2D eigenvalue weighted by Crippen LogP contribution is 2.12. The molecule has 1 aromatic rings. The number of carbonyl (C=O) groups excluding carboxylic acids is 1. The molecule has 1 aromatic carbocycles. The van der Waals surface area contributed by atoms with Crippen LogP contribution in [0.2, 0.25) is 0 Å². The number of likely N-dealkylation sites (tertiary alicyclic amines) is 1. The van der Waals surface area contributed by atoms with E-state index in [9.17, 15) is 4.79 Å². The average Bonchev–Trinajstić information content (AvgIpc) is 2.40. The van der Waals surface area contributed by atoms with Crippen LogP contribution < -0.4 is 0 Å². The van der Waals surface area contributed by atoms with Crippen LogP contribution in [0.4, 0.5) is 0 Å². The number of carbonyl (C=O) groups is 1. The van der Waals surface area contributed by atoms with Gasteiger partial charge in [0, 0.05) is 13.1 Å². The second-order valence-electron chi connectivity index (χ2n) is 4.79. The Kier molecular flexibility index (Phi) is 4.18. The maximum absolute atomic E-state index is 12.0. The quantitative estimate of drug-likeness (QED) is 0.783.